The van der Waals surface area contributed by atoms with Crippen LogP contribution in [-0.2, 0) is 14.3 Å². The SMILES string of the molecule is Nc1ncnc2c1ncn2[C@@H]1O[C@H](CN2CC#Cc3nc4c(N)ncnc4n3[C@@H]3O[C@H](/C=N/C(=O)NCCC=NC(=O)C2)[C@@H](O)[C@H]3O)[C@@H](O)[C@H]1O. The Balaban J connectivity index is 1.20. The number of aliphatic hydroxyl groups excluding tert-OH is 4. The van der Waals surface area contributed by atoms with Gasteiger partial charge in [0.25, 0.3) is 5.91 Å². The molecule has 7 heterocycles. The average molecular weight is 705 g/mol. The number of imidazole rings is 2. The summed E-state index contributed by atoms with van der Waals surface area (Å²) in [5.41, 5.74) is 12.8. The minimum Gasteiger partial charge on any atom is -0.387 e. The number of ether oxygens (including phenoxy) is 2. The Bertz CT molecular complexity index is 2090. The smallest absolute Gasteiger partial charge is 0.340 e. The number of aliphatic hydroxyl groups is 4. The molecule has 2 bridgehead atoms. The van der Waals surface area contributed by atoms with Gasteiger partial charge in [-0.2, -0.15) is 0 Å². The summed E-state index contributed by atoms with van der Waals surface area (Å²) in [7, 11) is 0. The number of hydrogen-bond donors (Lipinski definition) is 7. The lowest BCUT2D eigenvalue weighted by Crippen LogP contribution is -2.42. The second kappa shape index (κ2) is 14.0. The van der Waals surface area contributed by atoms with E-state index in [4.69, 9.17) is 20.9 Å². The first-order chi connectivity index (χ1) is 24.6. The molecule has 8 atom stereocenters. The van der Waals surface area contributed by atoms with E-state index in [1.807, 2.05) is 0 Å². The van der Waals surface area contributed by atoms with Gasteiger partial charge in [-0.3, -0.25) is 18.8 Å². The minimum atomic E-state index is -1.52. The van der Waals surface area contributed by atoms with Crippen LogP contribution in [0.4, 0.5) is 16.4 Å². The van der Waals surface area contributed by atoms with Crippen molar-refractivity contribution in [2.75, 3.05) is 37.6 Å². The first-order valence-electron chi connectivity index (χ1n) is 15.6. The number of amides is 3. The normalized spacial score (nSPS) is 30.0. The molecule has 0 saturated carbocycles. The van der Waals surface area contributed by atoms with Crippen LogP contribution in [0.2, 0.25) is 0 Å². The predicted molar refractivity (Wildman–Crippen MR) is 175 cm³/mol. The molecule has 3 amide bonds. The standard InChI is InChI=1S/C29H32N14O8/c30-23-17-25(37-10-35-23)42(12-39-17)27-21(47)20(46)14(51-27)8-41-6-1-3-15-40-18-24(31)36-11-38-26(18)43(15)28-22(48)19(45)13(50-28)7-34-29(49)33-5-2-4-32-16(44)9-41/h4,7,10-14,19-22,27-28,45-48H,2,5-6,8-9H2,(H,33,49)(H2,30,35,37)(H2,31,36,38)/b32-4?,34-7+/t13-,14-,19-,20-,21-,22-,27-,28-/m1/s1. The van der Waals surface area contributed by atoms with Crippen LogP contribution < -0.4 is 16.8 Å². The van der Waals surface area contributed by atoms with Crippen molar-refractivity contribution in [1.29, 1.82) is 0 Å². The fourth-order valence-corrected chi connectivity index (χ4v) is 5.94. The molecule has 0 aromatic carbocycles. The van der Waals surface area contributed by atoms with E-state index in [2.05, 4.69) is 57.0 Å². The summed E-state index contributed by atoms with van der Waals surface area (Å²) >= 11 is 0. The van der Waals surface area contributed by atoms with Gasteiger partial charge in [-0.1, -0.05) is 5.92 Å². The van der Waals surface area contributed by atoms with E-state index in [1.165, 1.54) is 34.3 Å². The number of hydrogen-bond acceptors (Lipinski definition) is 17. The van der Waals surface area contributed by atoms with Gasteiger partial charge in [-0.05, 0) is 5.92 Å². The maximum atomic E-state index is 12.9. The molecule has 22 nitrogen and oxygen atoms in total. The second-order valence-corrected chi connectivity index (χ2v) is 11.8. The number of nitrogens with one attached hydrogen (secondary N) is 1. The molecule has 3 aliphatic rings. The molecule has 0 radical (unpaired) electrons. The van der Waals surface area contributed by atoms with Crippen molar-refractivity contribution in [3.63, 3.8) is 0 Å². The van der Waals surface area contributed by atoms with Gasteiger partial charge in [0.2, 0.25) is 0 Å². The van der Waals surface area contributed by atoms with Gasteiger partial charge >= 0.3 is 6.03 Å². The molecule has 4 aromatic heterocycles. The lowest BCUT2D eigenvalue weighted by molar-refractivity contribution is -0.119. The lowest BCUT2D eigenvalue weighted by atomic mass is 10.1. The average Bonchev–Trinajstić information content (AvgIpc) is 3.84. The summed E-state index contributed by atoms with van der Waals surface area (Å²) in [6, 6.07) is -0.747. The number of aromatic nitrogens is 8. The maximum Gasteiger partial charge on any atom is 0.340 e. The molecule has 266 valence electrons. The first-order valence-corrected chi connectivity index (χ1v) is 15.6. The van der Waals surface area contributed by atoms with Crippen LogP contribution >= 0.6 is 0 Å². The van der Waals surface area contributed by atoms with Gasteiger partial charge in [-0.15, -0.1) is 0 Å². The number of fused-ring (bicyclic) bond motifs is 7. The zero-order valence-corrected chi connectivity index (χ0v) is 26.5. The topological polar surface area (TPSA) is 313 Å². The zero-order chi connectivity index (χ0) is 35.8. The molecule has 0 aliphatic carbocycles. The highest BCUT2D eigenvalue weighted by molar-refractivity contribution is 5.87. The van der Waals surface area contributed by atoms with Gasteiger partial charge in [0.1, 0.15) is 54.8 Å². The molecule has 7 rings (SSSR count). The number of carbonyl (C=O) groups is 2. The van der Waals surface area contributed by atoms with Gasteiger partial charge in [0.15, 0.2) is 46.7 Å². The van der Waals surface area contributed by atoms with Crippen LogP contribution in [0.15, 0.2) is 29.0 Å². The van der Waals surface area contributed by atoms with E-state index < -0.39 is 61.0 Å². The van der Waals surface area contributed by atoms with E-state index in [0.717, 1.165) is 6.21 Å². The molecule has 4 aromatic rings. The van der Waals surface area contributed by atoms with Crippen LogP contribution in [0.3, 0.4) is 0 Å². The van der Waals surface area contributed by atoms with Crippen molar-refractivity contribution in [1.82, 2.24) is 49.3 Å². The number of urea groups is 1. The van der Waals surface area contributed by atoms with Crippen molar-refractivity contribution < 1.29 is 39.5 Å². The quantitative estimate of drug-likeness (QED) is 0.102. The Kier molecular flexibility index (Phi) is 9.31. The third-order valence-electron chi connectivity index (χ3n) is 8.46. The molecule has 2 saturated heterocycles. The van der Waals surface area contributed by atoms with Gasteiger partial charge in [-0.25, -0.2) is 44.7 Å². The third-order valence-corrected chi connectivity index (χ3v) is 8.46. The summed E-state index contributed by atoms with van der Waals surface area (Å²) in [4.78, 5) is 59.4. The van der Waals surface area contributed by atoms with Gasteiger partial charge in [0.05, 0.1) is 19.4 Å². The van der Waals surface area contributed by atoms with Crippen molar-refractivity contribution in [3.05, 3.63) is 24.8 Å². The number of carbonyl (C=O) groups excluding carboxylic acids is 2. The molecule has 9 N–H and O–H groups in total. The van der Waals surface area contributed by atoms with E-state index in [9.17, 15) is 30.0 Å². The highest BCUT2D eigenvalue weighted by atomic mass is 16.6. The van der Waals surface area contributed by atoms with Crippen molar-refractivity contribution in [2.45, 2.75) is 55.5 Å². The third kappa shape index (κ3) is 6.57. The fourth-order valence-electron chi connectivity index (χ4n) is 5.94. The van der Waals surface area contributed by atoms with Crippen LogP contribution in [0.5, 0.6) is 0 Å². The Morgan fingerprint density at radius 3 is 2.43 bits per heavy atom. The Morgan fingerprint density at radius 1 is 0.882 bits per heavy atom. The Labute approximate surface area is 286 Å². The number of aliphatic imine (C=N–C) groups is 2. The molecule has 0 spiro atoms. The highest BCUT2D eigenvalue weighted by Crippen LogP contribution is 2.34. The highest BCUT2D eigenvalue weighted by Gasteiger charge is 2.46. The fraction of sp³-hybridized carbons (Fsp3) is 0.448. The summed E-state index contributed by atoms with van der Waals surface area (Å²) in [6.07, 6.45) is -4.00. The molecular formula is C29H32N14O8. The maximum absolute atomic E-state index is 12.9. The summed E-state index contributed by atoms with van der Waals surface area (Å²) in [5, 5.41) is 46.3. The number of nitrogens with two attached hydrogens (primary N) is 2. The number of rotatable bonds is 3. The van der Waals surface area contributed by atoms with Crippen LogP contribution in [0, 0.1) is 11.8 Å². The van der Waals surface area contributed by atoms with E-state index in [-0.39, 0.29) is 66.9 Å². The molecule has 2 fully saturated rings. The monoisotopic (exact) mass is 704 g/mol. The Hall–Kier alpha value is -5.54. The summed E-state index contributed by atoms with van der Waals surface area (Å²) in [5.74, 6) is 5.44. The molecule has 51 heavy (non-hydrogen) atoms. The molecule has 22 heteroatoms. The van der Waals surface area contributed by atoms with Crippen LogP contribution in [0.25, 0.3) is 22.3 Å². The zero-order valence-electron chi connectivity index (χ0n) is 26.5. The summed E-state index contributed by atoms with van der Waals surface area (Å²) < 4.78 is 14.8. The van der Waals surface area contributed by atoms with Crippen molar-refractivity contribution in [3.8, 4) is 11.8 Å². The number of nitrogen functional groups attached to an aromatic ring is 2. The molecular weight excluding hydrogens is 672 g/mol. The minimum absolute atomic E-state index is 0.0180. The van der Waals surface area contributed by atoms with Gasteiger partial charge < -0.3 is 46.7 Å². The molecule has 3 aliphatic heterocycles. The van der Waals surface area contributed by atoms with Crippen LogP contribution in [0.1, 0.15) is 24.7 Å². The van der Waals surface area contributed by atoms with Crippen molar-refractivity contribution in [2.24, 2.45) is 9.98 Å². The molecule has 0 unspecified atom stereocenters. The lowest BCUT2D eigenvalue weighted by Gasteiger charge is -2.23. The van der Waals surface area contributed by atoms with Crippen molar-refractivity contribution >= 4 is 58.3 Å². The largest absolute Gasteiger partial charge is 0.387 e. The van der Waals surface area contributed by atoms with Crippen LogP contribution in [-0.4, -0.2) is 152 Å². The first kappa shape index (κ1) is 33.9. The van der Waals surface area contributed by atoms with E-state index in [1.54, 1.807) is 4.90 Å². The predicted octanol–water partition coefficient (Wildman–Crippen LogP) is -3.50. The number of nitrogens with zero attached hydrogens (tertiary/aromatic N) is 11. The number of anilines is 2. The van der Waals surface area contributed by atoms with E-state index >= 15 is 0 Å². The van der Waals surface area contributed by atoms with E-state index in [0.29, 0.717) is 5.52 Å². The Morgan fingerprint density at radius 2 is 1.63 bits per heavy atom. The van der Waals surface area contributed by atoms with Gasteiger partial charge in [0, 0.05) is 31.9 Å². The second-order valence-electron chi connectivity index (χ2n) is 11.8. The summed E-state index contributed by atoms with van der Waals surface area (Å²) in [6.45, 7) is -0.373.